The molecule has 0 unspecified atom stereocenters. The number of rotatable bonds is 8. The van der Waals surface area contributed by atoms with Gasteiger partial charge >= 0.3 is 0 Å². The fourth-order valence-corrected chi connectivity index (χ4v) is 4.16. The number of carbonyl (C=O) groups is 1. The van der Waals surface area contributed by atoms with Crippen LogP contribution in [0.1, 0.15) is 30.4 Å². The quantitative estimate of drug-likeness (QED) is 0.465. The Morgan fingerprint density at radius 2 is 2.00 bits per heavy atom. The van der Waals surface area contributed by atoms with Crippen LogP contribution in [0.5, 0.6) is 5.75 Å². The van der Waals surface area contributed by atoms with E-state index in [-0.39, 0.29) is 5.78 Å². The highest BCUT2D eigenvalue weighted by molar-refractivity contribution is 5.91. The topological polar surface area (TPSA) is 67.3 Å². The summed E-state index contributed by atoms with van der Waals surface area (Å²) >= 11 is 0. The Morgan fingerprint density at radius 1 is 1.18 bits per heavy atom. The first-order valence-electron chi connectivity index (χ1n) is 11.4. The van der Waals surface area contributed by atoms with Crippen molar-refractivity contribution in [2.45, 2.75) is 32.6 Å². The summed E-state index contributed by atoms with van der Waals surface area (Å²) in [5.74, 6) is 1.19. The molecule has 0 bridgehead atoms. The van der Waals surface area contributed by atoms with Gasteiger partial charge in [0.2, 0.25) is 5.95 Å². The number of benzene rings is 2. The van der Waals surface area contributed by atoms with Gasteiger partial charge in [-0.2, -0.15) is 0 Å². The first kappa shape index (κ1) is 22.5. The third-order valence-electron chi connectivity index (χ3n) is 5.92. The van der Waals surface area contributed by atoms with Crippen LogP contribution in [0.25, 0.3) is 11.3 Å². The number of hydrogen-bond donors (Lipinski definition) is 1. The monoisotopic (exact) mass is 442 g/mol. The van der Waals surface area contributed by atoms with Crippen LogP contribution < -0.4 is 15.0 Å². The summed E-state index contributed by atoms with van der Waals surface area (Å²) < 4.78 is 5.59. The van der Waals surface area contributed by atoms with Crippen molar-refractivity contribution in [2.24, 2.45) is 0 Å². The minimum absolute atomic E-state index is 0.0264. The number of anilines is 3. The molecule has 0 radical (unpaired) electrons. The molecule has 1 fully saturated rings. The smallest absolute Gasteiger partial charge is 0.227 e. The molecule has 0 aliphatic carbocycles. The number of hydrogen-bond acceptors (Lipinski definition) is 6. The average Bonchev–Trinajstić information content (AvgIpc) is 2.86. The lowest BCUT2D eigenvalue weighted by atomic mass is 10.0. The third kappa shape index (κ3) is 5.40. The summed E-state index contributed by atoms with van der Waals surface area (Å²) in [5.41, 5.74) is 5.57. The fraction of sp³-hybridized carbons (Fsp3) is 0.296. The minimum atomic E-state index is -0.0264. The zero-order chi connectivity index (χ0) is 23.2. The van der Waals surface area contributed by atoms with Crippen molar-refractivity contribution in [2.75, 3.05) is 30.4 Å². The molecule has 2 heterocycles. The molecule has 4 rings (SSSR count). The van der Waals surface area contributed by atoms with Crippen LogP contribution in [0.2, 0.25) is 0 Å². The van der Waals surface area contributed by atoms with Gasteiger partial charge in [0.05, 0.1) is 12.8 Å². The van der Waals surface area contributed by atoms with Crippen molar-refractivity contribution >= 4 is 23.1 Å². The molecule has 33 heavy (non-hydrogen) atoms. The molecule has 6 heteroatoms. The van der Waals surface area contributed by atoms with E-state index in [1.807, 2.05) is 31.2 Å². The number of ketones is 1. The van der Waals surface area contributed by atoms with Gasteiger partial charge in [0.25, 0.3) is 0 Å². The largest absolute Gasteiger partial charge is 0.496 e. The molecule has 0 atom stereocenters. The van der Waals surface area contributed by atoms with Crippen LogP contribution in [0.3, 0.4) is 0 Å². The van der Waals surface area contributed by atoms with Crippen LogP contribution in [-0.2, 0) is 11.2 Å². The number of carbonyl (C=O) groups excluding carboxylic acids is 1. The summed E-state index contributed by atoms with van der Waals surface area (Å²) in [6.45, 7) is 7.73. The summed E-state index contributed by atoms with van der Waals surface area (Å²) in [5, 5.41) is 3.36. The molecular weight excluding hydrogens is 412 g/mol. The number of allylic oxidation sites excluding steroid dienone is 1. The fourth-order valence-electron chi connectivity index (χ4n) is 4.16. The van der Waals surface area contributed by atoms with Crippen LogP contribution >= 0.6 is 0 Å². The number of aryl methyl sites for hydroxylation is 1. The van der Waals surface area contributed by atoms with Crippen LogP contribution in [0.4, 0.5) is 17.3 Å². The molecule has 1 aliphatic rings. The van der Waals surface area contributed by atoms with Crippen molar-refractivity contribution in [3.8, 4) is 17.0 Å². The summed E-state index contributed by atoms with van der Waals surface area (Å²) in [6.07, 6.45) is 7.22. The van der Waals surface area contributed by atoms with Crippen LogP contribution in [-0.4, -0.2) is 36.0 Å². The molecule has 6 nitrogen and oxygen atoms in total. The van der Waals surface area contributed by atoms with Crippen molar-refractivity contribution in [3.63, 3.8) is 0 Å². The molecule has 170 valence electrons. The Balaban J connectivity index is 1.63. The second-order valence-corrected chi connectivity index (χ2v) is 8.33. The van der Waals surface area contributed by atoms with E-state index in [9.17, 15) is 4.79 Å². The van der Waals surface area contributed by atoms with E-state index < -0.39 is 0 Å². The Bertz CT molecular complexity index is 1150. The molecule has 3 aromatic rings. The highest BCUT2D eigenvalue weighted by Gasteiger charge is 2.15. The lowest BCUT2D eigenvalue weighted by molar-refractivity contribution is -0.114. The molecule has 1 aromatic heterocycles. The number of piperidine rings is 1. The number of nitrogens with zero attached hydrogens (tertiary/aromatic N) is 3. The van der Waals surface area contributed by atoms with E-state index in [4.69, 9.17) is 9.72 Å². The molecule has 1 saturated heterocycles. The van der Waals surface area contributed by atoms with Gasteiger partial charge in [-0.25, -0.2) is 9.97 Å². The Hall–Kier alpha value is -3.67. The van der Waals surface area contributed by atoms with E-state index in [0.29, 0.717) is 18.1 Å². The number of methoxy groups -OCH3 is 1. The lowest BCUT2D eigenvalue weighted by Gasteiger charge is -2.29. The summed E-state index contributed by atoms with van der Waals surface area (Å²) in [6, 6.07) is 14.1. The molecule has 1 aliphatic heterocycles. The third-order valence-corrected chi connectivity index (χ3v) is 5.92. The average molecular weight is 443 g/mol. The maximum Gasteiger partial charge on any atom is 0.227 e. The van der Waals surface area contributed by atoms with E-state index in [1.165, 1.54) is 31.0 Å². The maximum atomic E-state index is 11.9. The van der Waals surface area contributed by atoms with E-state index in [1.54, 1.807) is 13.3 Å². The Morgan fingerprint density at radius 3 is 2.76 bits per heavy atom. The number of aromatic nitrogens is 2. The second-order valence-electron chi connectivity index (χ2n) is 8.33. The normalized spacial score (nSPS) is 13.5. The van der Waals surface area contributed by atoms with Gasteiger partial charge in [-0.3, -0.25) is 4.79 Å². The Kier molecular flexibility index (Phi) is 7.03. The van der Waals surface area contributed by atoms with Gasteiger partial charge in [-0.15, -0.1) is 0 Å². The number of nitrogens with one attached hydrogen (secondary N) is 1. The molecule has 2 aromatic carbocycles. The first-order valence-corrected chi connectivity index (χ1v) is 11.4. The molecule has 0 spiro atoms. The maximum absolute atomic E-state index is 11.9. The zero-order valence-electron chi connectivity index (χ0n) is 19.3. The molecular formula is C27H30N4O2. The first-order chi connectivity index (χ1) is 16.1. The lowest BCUT2D eigenvalue weighted by Crippen LogP contribution is -2.29. The highest BCUT2D eigenvalue weighted by atomic mass is 16.5. The molecule has 0 amide bonds. The van der Waals surface area contributed by atoms with E-state index in [2.05, 4.69) is 40.0 Å². The van der Waals surface area contributed by atoms with Gasteiger partial charge in [-0.05, 0) is 73.7 Å². The summed E-state index contributed by atoms with van der Waals surface area (Å²) in [4.78, 5) is 23.6. The second kappa shape index (κ2) is 10.3. The molecule has 0 saturated carbocycles. The van der Waals surface area contributed by atoms with E-state index in [0.717, 1.165) is 41.2 Å². The SMILES string of the molecule is C=CC(=O)Cc1ccc(OC)c(-c2nc(Nc3cccc(N4CCCCC4)c3)ncc2C)c1. The number of ether oxygens (including phenoxy) is 1. The standard InChI is InChI=1S/C27H30N4O2/c1-4-23(32)15-20-11-12-25(33-3)24(16-20)26-19(2)18-28-27(30-26)29-21-9-8-10-22(17-21)31-13-6-5-7-14-31/h4,8-12,16-18H,1,5-7,13-15H2,2-3H3,(H,28,29,30). The van der Waals surface area contributed by atoms with Crippen molar-refractivity contribution in [3.05, 3.63) is 72.4 Å². The van der Waals surface area contributed by atoms with Gasteiger partial charge in [0.15, 0.2) is 5.78 Å². The predicted octanol–water partition coefficient (Wildman–Crippen LogP) is 5.49. The van der Waals surface area contributed by atoms with Crippen molar-refractivity contribution < 1.29 is 9.53 Å². The van der Waals surface area contributed by atoms with Gasteiger partial charge in [-0.1, -0.05) is 18.7 Å². The van der Waals surface area contributed by atoms with Gasteiger partial charge < -0.3 is 15.0 Å². The van der Waals surface area contributed by atoms with Crippen molar-refractivity contribution in [1.29, 1.82) is 0 Å². The van der Waals surface area contributed by atoms with Crippen LogP contribution in [0, 0.1) is 6.92 Å². The van der Waals surface area contributed by atoms with Crippen LogP contribution in [0.15, 0.2) is 61.3 Å². The predicted molar refractivity (Wildman–Crippen MR) is 133 cm³/mol. The summed E-state index contributed by atoms with van der Waals surface area (Å²) in [7, 11) is 1.63. The minimum Gasteiger partial charge on any atom is -0.496 e. The Labute approximate surface area is 195 Å². The van der Waals surface area contributed by atoms with E-state index >= 15 is 0 Å². The van der Waals surface area contributed by atoms with Gasteiger partial charge in [0, 0.05) is 42.6 Å². The van der Waals surface area contributed by atoms with Crippen molar-refractivity contribution in [1.82, 2.24) is 9.97 Å². The zero-order valence-corrected chi connectivity index (χ0v) is 19.3. The molecule has 1 N–H and O–H groups in total. The van der Waals surface area contributed by atoms with Gasteiger partial charge in [0.1, 0.15) is 5.75 Å². The highest BCUT2D eigenvalue weighted by Crippen LogP contribution is 2.33.